The summed E-state index contributed by atoms with van der Waals surface area (Å²) in [5.41, 5.74) is 1.68. The summed E-state index contributed by atoms with van der Waals surface area (Å²) in [6, 6.07) is 21.0. The summed E-state index contributed by atoms with van der Waals surface area (Å²) in [6.07, 6.45) is 0. The molecule has 0 aliphatic carbocycles. The zero-order valence-electron chi connectivity index (χ0n) is 14.2. The van der Waals surface area contributed by atoms with Gasteiger partial charge >= 0.3 is 0 Å². The van der Waals surface area contributed by atoms with E-state index in [4.69, 9.17) is 5.26 Å². The molecule has 3 aromatic rings. The molecule has 0 saturated carbocycles. The lowest BCUT2D eigenvalue weighted by atomic mass is 10.2. The highest BCUT2D eigenvalue weighted by atomic mass is 32.2. The van der Waals surface area contributed by atoms with Gasteiger partial charge in [0, 0.05) is 18.3 Å². The predicted octanol–water partition coefficient (Wildman–Crippen LogP) is 3.13. The average Bonchev–Trinajstić information content (AvgIpc) is 3.06. The van der Waals surface area contributed by atoms with E-state index in [-0.39, 0.29) is 18.2 Å². The van der Waals surface area contributed by atoms with Crippen LogP contribution in [0.5, 0.6) is 0 Å². The highest BCUT2D eigenvalue weighted by Crippen LogP contribution is 2.23. The molecule has 1 amide bonds. The molecule has 130 valence electrons. The van der Waals surface area contributed by atoms with Gasteiger partial charge in [-0.2, -0.15) is 5.26 Å². The Morgan fingerprint density at radius 1 is 1.12 bits per heavy atom. The van der Waals surface area contributed by atoms with Gasteiger partial charge in [0.05, 0.1) is 11.8 Å². The Morgan fingerprint density at radius 3 is 2.42 bits per heavy atom. The third-order valence-electron chi connectivity index (χ3n) is 3.79. The van der Waals surface area contributed by atoms with Gasteiger partial charge in [-0.05, 0) is 12.1 Å². The number of nitriles is 1. The molecule has 0 atom stereocenters. The second-order valence-electron chi connectivity index (χ2n) is 5.49. The summed E-state index contributed by atoms with van der Waals surface area (Å²) in [5.74, 6) is 0.779. The number of hydrogen-bond acceptors (Lipinski definition) is 5. The van der Waals surface area contributed by atoms with Crippen molar-refractivity contribution in [1.82, 2.24) is 14.8 Å². The van der Waals surface area contributed by atoms with Gasteiger partial charge in [0.1, 0.15) is 6.54 Å². The summed E-state index contributed by atoms with van der Waals surface area (Å²) in [5, 5.41) is 18.1. The van der Waals surface area contributed by atoms with E-state index in [1.165, 1.54) is 16.7 Å². The monoisotopic (exact) mass is 363 g/mol. The van der Waals surface area contributed by atoms with Gasteiger partial charge in [-0.1, -0.05) is 60.3 Å². The van der Waals surface area contributed by atoms with Crippen molar-refractivity contribution < 1.29 is 4.79 Å². The van der Waals surface area contributed by atoms with Gasteiger partial charge in [0.15, 0.2) is 11.0 Å². The Morgan fingerprint density at radius 2 is 1.77 bits per heavy atom. The molecule has 3 rings (SSSR count). The number of carbonyl (C=O) groups excluding carboxylic acids is 1. The lowest BCUT2D eigenvalue weighted by Crippen LogP contribution is -2.32. The molecule has 2 aromatic carbocycles. The lowest BCUT2D eigenvalue weighted by Gasteiger charge is -2.19. The summed E-state index contributed by atoms with van der Waals surface area (Å²) >= 11 is 1.31. The maximum absolute atomic E-state index is 12.6. The van der Waals surface area contributed by atoms with Gasteiger partial charge in [-0.3, -0.25) is 9.69 Å². The maximum Gasteiger partial charge on any atom is 0.238 e. The second-order valence-corrected chi connectivity index (χ2v) is 6.44. The molecular weight excluding hydrogens is 346 g/mol. The number of anilines is 1. The van der Waals surface area contributed by atoms with Crippen LogP contribution in [0.1, 0.15) is 0 Å². The topological polar surface area (TPSA) is 74.8 Å². The van der Waals surface area contributed by atoms with Crippen LogP contribution >= 0.6 is 11.8 Å². The molecule has 0 spiro atoms. The zero-order valence-corrected chi connectivity index (χ0v) is 15.1. The number of amides is 1. The molecule has 0 fully saturated rings. The first kappa shape index (κ1) is 17.7. The Bertz CT molecular complexity index is 918. The molecule has 0 radical (unpaired) electrons. The van der Waals surface area contributed by atoms with E-state index < -0.39 is 0 Å². The molecule has 1 aromatic heterocycles. The summed E-state index contributed by atoms with van der Waals surface area (Å²) in [4.78, 5) is 14.1. The number of rotatable bonds is 6. The first-order chi connectivity index (χ1) is 12.7. The lowest BCUT2D eigenvalue weighted by molar-refractivity contribution is -0.116. The normalized spacial score (nSPS) is 10.3. The van der Waals surface area contributed by atoms with E-state index in [9.17, 15) is 4.79 Å². The van der Waals surface area contributed by atoms with Crippen LogP contribution in [-0.2, 0) is 11.8 Å². The van der Waals surface area contributed by atoms with E-state index in [0.717, 1.165) is 11.4 Å². The van der Waals surface area contributed by atoms with Gasteiger partial charge in [0.2, 0.25) is 5.91 Å². The first-order valence-corrected chi connectivity index (χ1v) is 8.99. The molecule has 0 bridgehead atoms. The molecule has 7 heteroatoms. The number of benzene rings is 2. The molecule has 26 heavy (non-hydrogen) atoms. The average molecular weight is 363 g/mol. The van der Waals surface area contributed by atoms with Crippen molar-refractivity contribution in [2.45, 2.75) is 5.16 Å². The maximum atomic E-state index is 12.6. The summed E-state index contributed by atoms with van der Waals surface area (Å²) in [6.45, 7) is 0.0114. The van der Waals surface area contributed by atoms with Gasteiger partial charge in [-0.25, -0.2) is 0 Å². The smallest absolute Gasteiger partial charge is 0.238 e. The van der Waals surface area contributed by atoms with E-state index in [0.29, 0.717) is 10.8 Å². The van der Waals surface area contributed by atoms with Crippen LogP contribution in [0.3, 0.4) is 0 Å². The third-order valence-corrected chi connectivity index (χ3v) is 4.79. The standard InChI is InChI=1S/C19H17N5OS/c1-23-18(15-8-4-2-5-9-15)21-22-19(23)26-14-17(25)24(13-12-20)16-10-6-3-7-11-16/h2-11H,13-14H2,1H3. The largest absolute Gasteiger partial charge is 0.305 e. The van der Waals surface area contributed by atoms with E-state index in [1.54, 1.807) is 0 Å². The number of hydrogen-bond donors (Lipinski definition) is 0. The Balaban J connectivity index is 1.71. The number of aromatic nitrogens is 3. The van der Waals surface area contributed by atoms with Crippen molar-refractivity contribution >= 4 is 23.4 Å². The fourth-order valence-electron chi connectivity index (χ4n) is 2.49. The fourth-order valence-corrected chi connectivity index (χ4v) is 3.27. The third kappa shape index (κ3) is 3.92. The predicted molar refractivity (Wildman–Crippen MR) is 102 cm³/mol. The second kappa shape index (κ2) is 8.32. The number of carbonyl (C=O) groups is 1. The highest BCUT2D eigenvalue weighted by Gasteiger charge is 2.18. The van der Waals surface area contributed by atoms with Gasteiger partial charge in [-0.15, -0.1) is 10.2 Å². The molecule has 0 N–H and O–H groups in total. The van der Waals surface area contributed by atoms with E-state index in [1.807, 2.05) is 78.3 Å². The van der Waals surface area contributed by atoms with Crippen molar-refractivity contribution in [3.8, 4) is 17.5 Å². The van der Waals surface area contributed by atoms with E-state index >= 15 is 0 Å². The van der Waals surface area contributed by atoms with Crippen LogP contribution in [-0.4, -0.2) is 33.0 Å². The molecule has 6 nitrogen and oxygen atoms in total. The SMILES string of the molecule is Cn1c(SCC(=O)N(CC#N)c2ccccc2)nnc1-c1ccccc1. The van der Waals surface area contributed by atoms with Crippen molar-refractivity contribution in [3.05, 3.63) is 60.7 Å². The Hall–Kier alpha value is -3.11. The van der Waals surface area contributed by atoms with Crippen molar-refractivity contribution in [2.75, 3.05) is 17.2 Å². The van der Waals surface area contributed by atoms with E-state index in [2.05, 4.69) is 10.2 Å². The highest BCUT2D eigenvalue weighted by molar-refractivity contribution is 7.99. The number of para-hydroxylation sites is 1. The summed E-state index contributed by atoms with van der Waals surface area (Å²) < 4.78 is 1.87. The first-order valence-electron chi connectivity index (χ1n) is 8.00. The van der Waals surface area contributed by atoms with Crippen molar-refractivity contribution in [1.29, 1.82) is 5.26 Å². The van der Waals surface area contributed by atoms with Crippen LogP contribution in [0.15, 0.2) is 65.8 Å². The molecule has 0 aliphatic heterocycles. The van der Waals surface area contributed by atoms with Crippen LogP contribution in [0.25, 0.3) is 11.4 Å². The fraction of sp³-hybridized carbons (Fsp3) is 0.158. The minimum absolute atomic E-state index is 0.0114. The Kier molecular flexibility index (Phi) is 5.66. The van der Waals surface area contributed by atoms with Crippen LogP contribution in [0.4, 0.5) is 5.69 Å². The van der Waals surface area contributed by atoms with Crippen LogP contribution in [0, 0.1) is 11.3 Å². The molecule has 0 aliphatic rings. The number of thioether (sulfide) groups is 1. The van der Waals surface area contributed by atoms with Crippen LogP contribution < -0.4 is 4.90 Å². The van der Waals surface area contributed by atoms with Gasteiger partial charge < -0.3 is 4.57 Å². The molecule has 0 saturated heterocycles. The van der Waals surface area contributed by atoms with Crippen LogP contribution in [0.2, 0.25) is 0 Å². The number of nitrogens with zero attached hydrogens (tertiary/aromatic N) is 5. The Labute approximate surface area is 156 Å². The molecule has 1 heterocycles. The minimum Gasteiger partial charge on any atom is -0.305 e. The van der Waals surface area contributed by atoms with Crippen molar-refractivity contribution in [2.24, 2.45) is 7.05 Å². The molecular formula is C19H17N5OS. The van der Waals surface area contributed by atoms with Gasteiger partial charge in [0.25, 0.3) is 0 Å². The summed E-state index contributed by atoms with van der Waals surface area (Å²) in [7, 11) is 1.87. The zero-order chi connectivity index (χ0) is 18.4. The minimum atomic E-state index is -0.146. The quantitative estimate of drug-likeness (QED) is 0.497. The molecule has 0 unspecified atom stereocenters. The van der Waals surface area contributed by atoms with Crippen molar-refractivity contribution in [3.63, 3.8) is 0 Å².